The number of ether oxygens (including phenoxy) is 2. The second-order valence-corrected chi connectivity index (χ2v) is 5.28. The first-order valence-electron chi connectivity index (χ1n) is 7.46. The number of hydrogen-bond donors (Lipinski definition) is 1. The largest absolute Gasteiger partial charge is 0.463 e. The maximum atomic E-state index is 12.3. The minimum absolute atomic E-state index is 0.176. The van der Waals surface area contributed by atoms with Crippen LogP contribution in [-0.4, -0.2) is 17.7 Å². The SMILES string of the molecule is O=C(NCc1ccnc(-c2ccco2)c1)c1ccc2c(c1)OCO2. The Kier molecular flexibility index (Phi) is 3.63. The number of rotatable bonds is 4. The third-order valence-corrected chi connectivity index (χ3v) is 3.69. The lowest BCUT2D eigenvalue weighted by molar-refractivity contribution is 0.0950. The summed E-state index contributed by atoms with van der Waals surface area (Å²) in [6.45, 7) is 0.580. The Bertz CT molecular complexity index is 874. The number of furan rings is 1. The average molecular weight is 322 g/mol. The number of carbonyl (C=O) groups is 1. The van der Waals surface area contributed by atoms with Gasteiger partial charge in [0.25, 0.3) is 5.91 Å². The lowest BCUT2D eigenvalue weighted by Gasteiger charge is -2.07. The van der Waals surface area contributed by atoms with Crippen molar-refractivity contribution in [2.45, 2.75) is 6.54 Å². The first kappa shape index (κ1) is 14.3. The van der Waals surface area contributed by atoms with Gasteiger partial charge in [-0.3, -0.25) is 9.78 Å². The molecule has 2 aromatic heterocycles. The Labute approximate surface area is 138 Å². The molecular weight excluding hydrogens is 308 g/mol. The van der Waals surface area contributed by atoms with Gasteiger partial charge in [0.2, 0.25) is 6.79 Å². The maximum Gasteiger partial charge on any atom is 0.251 e. The number of nitrogens with zero attached hydrogens (tertiary/aromatic N) is 1. The predicted octanol–water partition coefficient (Wildman–Crippen LogP) is 3.00. The maximum absolute atomic E-state index is 12.3. The van der Waals surface area contributed by atoms with Crippen LogP contribution in [0.3, 0.4) is 0 Å². The number of amides is 1. The number of benzene rings is 1. The summed E-state index contributed by atoms with van der Waals surface area (Å²) < 4.78 is 15.9. The molecule has 120 valence electrons. The first-order chi connectivity index (χ1) is 11.8. The molecule has 1 aromatic carbocycles. The highest BCUT2D eigenvalue weighted by molar-refractivity contribution is 5.94. The van der Waals surface area contributed by atoms with Crippen molar-refractivity contribution in [3.8, 4) is 23.0 Å². The van der Waals surface area contributed by atoms with E-state index in [4.69, 9.17) is 13.9 Å². The Morgan fingerprint density at radius 2 is 2.04 bits per heavy atom. The summed E-state index contributed by atoms with van der Waals surface area (Å²) >= 11 is 0. The van der Waals surface area contributed by atoms with Gasteiger partial charge < -0.3 is 19.2 Å². The highest BCUT2D eigenvalue weighted by atomic mass is 16.7. The number of hydrogen-bond acceptors (Lipinski definition) is 5. The van der Waals surface area contributed by atoms with E-state index in [0.29, 0.717) is 29.4 Å². The van der Waals surface area contributed by atoms with Gasteiger partial charge in [-0.1, -0.05) is 0 Å². The van der Waals surface area contributed by atoms with E-state index in [0.717, 1.165) is 11.3 Å². The highest BCUT2D eigenvalue weighted by Gasteiger charge is 2.16. The Morgan fingerprint density at radius 1 is 1.12 bits per heavy atom. The molecule has 0 radical (unpaired) electrons. The van der Waals surface area contributed by atoms with E-state index >= 15 is 0 Å². The van der Waals surface area contributed by atoms with Crippen LogP contribution in [0.4, 0.5) is 0 Å². The molecule has 0 spiro atoms. The van der Waals surface area contributed by atoms with Crippen molar-refractivity contribution >= 4 is 5.91 Å². The number of aromatic nitrogens is 1. The predicted molar refractivity (Wildman–Crippen MR) is 85.7 cm³/mol. The fourth-order valence-corrected chi connectivity index (χ4v) is 2.47. The van der Waals surface area contributed by atoms with Crippen LogP contribution >= 0.6 is 0 Å². The van der Waals surface area contributed by atoms with E-state index in [2.05, 4.69) is 10.3 Å². The van der Waals surface area contributed by atoms with Gasteiger partial charge in [-0.2, -0.15) is 0 Å². The first-order valence-corrected chi connectivity index (χ1v) is 7.46. The molecule has 0 bridgehead atoms. The number of nitrogens with one attached hydrogen (secondary N) is 1. The summed E-state index contributed by atoms with van der Waals surface area (Å²) in [7, 11) is 0. The van der Waals surface area contributed by atoms with Crippen LogP contribution in [-0.2, 0) is 6.54 Å². The van der Waals surface area contributed by atoms with Gasteiger partial charge in [0, 0.05) is 18.3 Å². The zero-order valence-corrected chi connectivity index (χ0v) is 12.7. The topological polar surface area (TPSA) is 73.6 Å². The van der Waals surface area contributed by atoms with E-state index in [1.165, 1.54) is 0 Å². The molecule has 24 heavy (non-hydrogen) atoms. The average Bonchev–Trinajstić information content (AvgIpc) is 3.30. The second-order valence-electron chi connectivity index (χ2n) is 5.28. The molecule has 3 heterocycles. The van der Waals surface area contributed by atoms with Crippen molar-refractivity contribution in [2.75, 3.05) is 6.79 Å². The normalized spacial score (nSPS) is 12.2. The molecule has 0 aliphatic carbocycles. The molecular formula is C18H14N2O4. The molecule has 0 atom stereocenters. The molecule has 3 aromatic rings. The van der Waals surface area contributed by atoms with E-state index in [-0.39, 0.29) is 12.7 Å². The van der Waals surface area contributed by atoms with Gasteiger partial charge in [0.1, 0.15) is 5.69 Å². The van der Waals surface area contributed by atoms with E-state index in [1.807, 2.05) is 24.3 Å². The smallest absolute Gasteiger partial charge is 0.251 e. The zero-order chi connectivity index (χ0) is 16.4. The van der Waals surface area contributed by atoms with Gasteiger partial charge in [-0.15, -0.1) is 0 Å². The van der Waals surface area contributed by atoms with Crippen molar-refractivity contribution in [1.29, 1.82) is 0 Å². The van der Waals surface area contributed by atoms with Crippen LogP contribution in [0.2, 0.25) is 0 Å². The minimum Gasteiger partial charge on any atom is -0.463 e. The quantitative estimate of drug-likeness (QED) is 0.799. The lowest BCUT2D eigenvalue weighted by atomic mass is 10.1. The number of carbonyl (C=O) groups excluding carboxylic acids is 1. The summed E-state index contributed by atoms with van der Waals surface area (Å²) in [5, 5.41) is 2.89. The van der Waals surface area contributed by atoms with E-state index in [9.17, 15) is 4.79 Å². The molecule has 0 unspecified atom stereocenters. The van der Waals surface area contributed by atoms with Crippen molar-refractivity contribution in [3.05, 3.63) is 66.1 Å². The summed E-state index contributed by atoms with van der Waals surface area (Å²) in [5.74, 6) is 1.76. The summed E-state index contributed by atoms with van der Waals surface area (Å²) in [5.41, 5.74) is 2.19. The van der Waals surface area contributed by atoms with Crippen molar-refractivity contribution in [3.63, 3.8) is 0 Å². The second kappa shape index (κ2) is 6.08. The van der Waals surface area contributed by atoms with Gasteiger partial charge in [0.15, 0.2) is 17.3 Å². The fraction of sp³-hybridized carbons (Fsp3) is 0.111. The fourth-order valence-electron chi connectivity index (χ4n) is 2.47. The molecule has 6 heteroatoms. The third-order valence-electron chi connectivity index (χ3n) is 3.69. The van der Waals surface area contributed by atoms with Crippen LogP contribution in [0, 0.1) is 0 Å². The van der Waals surface area contributed by atoms with Crippen LogP contribution < -0.4 is 14.8 Å². The molecule has 1 N–H and O–H groups in total. The summed E-state index contributed by atoms with van der Waals surface area (Å²) in [6, 6.07) is 12.5. The van der Waals surface area contributed by atoms with Crippen LogP contribution in [0.5, 0.6) is 11.5 Å². The molecule has 0 saturated carbocycles. The van der Waals surface area contributed by atoms with Gasteiger partial charge in [-0.25, -0.2) is 0 Å². The van der Waals surface area contributed by atoms with Gasteiger partial charge >= 0.3 is 0 Å². The molecule has 6 nitrogen and oxygen atoms in total. The van der Waals surface area contributed by atoms with Crippen molar-refractivity contribution < 1.29 is 18.7 Å². The van der Waals surface area contributed by atoms with Crippen LogP contribution in [0.25, 0.3) is 11.5 Å². The summed E-state index contributed by atoms with van der Waals surface area (Å²) in [6.07, 6.45) is 3.30. The monoisotopic (exact) mass is 322 g/mol. The van der Waals surface area contributed by atoms with E-state index < -0.39 is 0 Å². The lowest BCUT2D eigenvalue weighted by Crippen LogP contribution is -2.22. The molecule has 0 fully saturated rings. The molecule has 1 amide bonds. The molecule has 1 aliphatic heterocycles. The van der Waals surface area contributed by atoms with Crippen molar-refractivity contribution in [2.24, 2.45) is 0 Å². The molecule has 1 aliphatic rings. The van der Waals surface area contributed by atoms with Crippen LogP contribution in [0.15, 0.2) is 59.3 Å². The van der Waals surface area contributed by atoms with Crippen LogP contribution in [0.1, 0.15) is 15.9 Å². The van der Waals surface area contributed by atoms with Gasteiger partial charge in [0.05, 0.1) is 6.26 Å². The Balaban J connectivity index is 1.45. The number of pyridine rings is 1. The summed E-state index contributed by atoms with van der Waals surface area (Å²) in [4.78, 5) is 16.6. The minimum atomic E-state index is -0.176. The third kappa shape index (κ3) is 2.81. The van der Waals surface area contributed by atoms with E-state index in [1.54, 1.807) is 30.7 Å². The molecule has 4 rings (SSSR count). The Hall–Kier alpha value is -3.28. The zero-order valence-electron chi connectivity index (χ0n) is 12.7. The molecule has 0 saturated heterocycles. The Morgan fingerprint density at radius 3 is 2.92 bits per heavy atom. The van der Waals surface area contributed by atoms with Gasteiger partial charge in [-0.05, 0) is 48.0 Å². The highest BCUT2D eigenvalue weighted by Crippen LogP contribution is 2.32. The van der Waals surface area contributed by atoms with Crippen molar-refractivity contribution in [1.82, 2.24) is 10.3 Å². The standard InChI is InChI=1S/C18H14N2O4/c21-18(13-3-4-16-17(9-13)24-11-23-16)20-10-12-5-6-19-14(8-12)15-2-1-7-22-15/h1-9H,10-11H2,(H,20,21). The number of fused-ring (bicyclic) bond motifs is 1.